The molecule has 0 radical (unpaired) electrons. The summed E-state index contributed by atoms with van der Waals surface area (Å²) in [5.74, 6) is 2.35. The monoisotopic (exact) mass is 282 g/mol. The maximum Gasteiger partial charge on any atom is 0.191 e. The zero-order valence-electron chi connectivity index (χ0n) is 14.1. The van der Waals surface area contributed by atoms with Gasteiger partial charge in [0.15, 0.2) is 5.96 Å². The summed E-state index contributed by atoms with van der Waals surface area (Å²) in [4.78, 5) is 6.94. The SMILES string of the molecule is CN=C(NCCC(C)C)NCC(C(C)C)N1CCCC1. The maximum absolute atomic E-state index is 4.32. The molecule has 1 fully saturated rings. The Morgan fingerprint density at radius 3 is 2.25 bits per heavy atom. The number of hydrogen-bond donors (Lipinski definition) is 2. The van der Waals surface area contributed by atoms with E-state index in [1.165, 1.54) is 32.4 Å². The minimum absolute atomic E-state index is 0.612. The van der Waals surface area contributed by atoms with Gasteiger partial charge in [-0.3, -0.25) is 9.89 Å². The second kappa shape index (κ2) is 9.22. The molecule has 1 heterocycles. The van der Waals surface area contributed by atoms with Crippen LogP contribution in [-0.4, -0.2) is 50.1 Å². The number of rotatable bonds is 7. The summed E-state index contributed by atoms with van der Waals surface area (Å²) in [5.41, 5.74) is 0. The molecule has 0 spiro atoms. The number of likely N-dealkylation sites (tertiary alicyclic amines) is 1. The van der Waals surface area contributed by atoms with Gasteiger partial charge < -0.3 is 10.6 Å². The van der Waals surface area contributed by atoms with Crippen LogP contribution < -0.4 is 10.6 Å². The molecular weight excluding hydrogens is 248 g/mol. The van der Waals surface area contributed by atoms with E-state index in [1.807, 2.05) is 7.05 Å². The van der Waals surface area contributed by atoms with Crippen molar-refractivity contribution in [2.75, 3.05) is 33.2 Å². The van der Waals surface area contributed by atoms with Gasteiger partial charge in [0, 0.05) is 26.2 Å². The zero-order chi connectivity index (χ0) is 15.0. The lowest BCUT2D eigenvalue weighted by Crippen LogP contribution is -2.48. The van der Waals surface area contributed by atoms with E-state index >= 15 is 0 Å². The molecular formula is C16H34N4. The van der Waals surface area contributed by atoms with Gasteiger partial charge in [-0.15, -0.1) is 0 Å². The molecule has 0 aromatic heterocycles. The Morgan fingerprint density at radius 2 is 1.75 bits per heavy atom. The second-order valence-electron chi connectivity index (χ2n) is 6.62. The Labute approximate surface area is 125 Å². The fourth-order valence-corrected chi connectivity index (χ4v) is 2.76. The summed E-state index contributed by atoms with van der Waals surface area (Å²) in [6.07, 6.45) is 3.88. The van der Waals surface area contributed by atoms with Gasteiger partial charge in [0.2, 0.25) is 0 Å². The van der Waals surface area contributed by atoms with Gasteiger partial charge in [-0.05, 0) is 44.2 Å². The first-order valence-electron chi connectivity index (χ1n) is 8.23. The summed E-state index contributed by atoms with van der Waals surface area (Å²) < 4.78 is 0. The zero-order valence-corrected chi connectivity index (χ0v) is 14.1. The van der Waals surface area contributed by atoms with Crippen LogP contribution in [0, 0.1) is 11.8 Å². The summed E-state index contributed by atoms with van der Waals surface area (Å²) in [7, 11) is 1.85. The predicted octanol–water partition coefficient (Wildman–Crippen LogP) is 2.32. The quantitative estimate of drug-likeness (QED) is 0.556. The number of hydrogen-bond acceptors (Lipinski definition) is 2. The summed E-state index contributed by atoms with van der Waals surface area (Å²) in [6.45, 7) is 13.6. The highest BCUT2D eigenvalue weighted by molar-refractivity contribution is 5.79. The first kappa shape index (κ1) is 17.3. The van der Waals surface area contributed by atoms with Crippen LogP contribution in [-0.2, 0) is 0 Å². The minimum atomic E-state index is 0.612. The van der Waals surface area contributed by atoms with E-state index in [-0.39, 0.29) is 0 Å². The lowest BCUT2D eigenvalue weighted by molar-refractivity contribution is 0.192. The molecule has 1 aliphatic rings. The van der Waals surface area contributed by atoms with Crippen LogP contribution in [0.1, 0.15) is 47.0 Å². The highest BCUT2D eigenvalue weighted by Crippen LogP contribution is 2.16. The van der Waals surface area contributed by atoms with E-state index in [0.717, 1.165) is 25.0 Å². The van der Waals surface area contributed by atoms with Gasteiger partial charge in [0.05, 0.1) is 0 Å². The van der Waals surface area contributed by atoms with E-state index in [4.69, 9.17) is 0 Å². The summed E-state index contributed by atoms with van der Waals surface area (Å²) in [6, 6.07) is 0.612. The number of aliphatic imine (C=N–C) groups is 1. The van der Waals surface area contributed by atoms with Crippen LogP contribution in [0.2, 0.25) is 0 Å². The Balaban J connectivity index is 2.36. The molecule has 2 N–H and O–H groups in total. The van der Waals surface area contributed by atoms with Crippen LogP contribution in [0.3, 0.4) is 0 Å². The first-order valence-corrected chi connectivity index (χ1v) is 8.23. The summed E-state index contributed by atoms with van der Waals surface area (Å²) >= 11 is 0. The van der Waals surface area contributed by atoms with Crippen LogP contribution >= 0.6 is 0 Å². The number of nitrogens with one attached hydrogen (secondary N) is 2. The van der Waals surface area contributed by atoms with E-state index in [2.05, 4.69) is 48.2 Å². The van der Waals surface area contributed by atoms with E-state index in [0.29, 0.717) is 12.0 Å². The number of nitrogens with zero attached hydrogens (tertiary/aromatic N) is 2. The Hall–Kier alpha value is -0.770. The lowest BCUT2D eigenvalue weighted by atomic mass is 10.0. The van der Waals surface area contributed by atoms with Crippen LogP contribution in [0.15, 0.2) is 4.99 Å². The highest BCUT2D eigenvalue weighted by atomic mass is 15.2. The molecule has 0 aliphatic carbocycles. The van der Waals surface area contributed by atoms with Crippen molar-refractivity contribution in [1.82, 2.24) is 15.5 Å². The third kappa shape index (κ3) is 6.12. The van der Waals surface area contributed by atoms with Crippen LogP contribution in [0.25, 0.3) is 0 Å². The third-order valence-electron chi connectivity index (χ3n) is 4.10. The van der Waals surface area contributed by atoms with Crippen molar-refractivity contribution >= 4 is 5.96 Å². The first-order chi connectivity index (χ1) is 9.54. The molecule has 1 rings (SSSR count). The fraction of sp³-hybridized carbons (Fsp3) is 0.938. The second-order valence-corrected chi connectivity index (χ2v) is 6.62. The lowest BCUT2D eigenvalue weighted by Gasteiger charge is -2.31. The number of guanidine groups is 1. The molecule has 0 bridgehead atoms. The third-order valence-corrected chi connectivity index (χ3v) is 4.10. The van der Waals surface area contributed by atoms with Crippen LogP contribution in [0.4, 0.5) is 0 Å². The van der Waals surface area contributed by atoms with E-state index < -0.39 is 0 Å². The Morgan fingerprint density at radius 1 is 1.10 bits per heavy atom. The van der Waals surface area contributed by atoms with Gasteiger partial charge in [-0.25, -0.2) is 0 Å². The molecule has 1 atom stereocenters. The summed E-state index contributed by atoms with van der Waals surface area (Å²) in [5, 5.41) is 6.90. The van der Waals surface area contributed by atoms with Gasteiger partial charge in [-0.1, -0.05) is 27.7 Å². The molecule has 0 aromatic rings. The van der Waals surface area contributed by atoms with Gasteiger partial charge >= 0.3 is 0 Å². The molecule has 4 heteroatoms. The molecule has 20 heavy (non-hydrogen) atoms. The average Bonchev–Trinajstić information content (AvgIpc) is 2.90. The normalized spacial score (nSPS) is 18.9. The van der Waals surface area contributed by atoms with Gasteiger partial charge in [-0.2, -0.15) is 0 Å². The van der Waals surface area contributed by atoms with Crippen molar-refractivity contribution in [1.29, 1.82) is 0 Å². The largest absolute Gasteiger partial charge is 0.356 e. The topological polar surface area (TPSA) is 39.7 Å². The average molecular weight is 282 g/mol. The fourth-order valence-electron chi connectivity index (χ4n) is 2.76. The maximum atomic E-state index is 4.32. The van der Waals surface area contributed by atoms with Crippen molar-refractivity contribution in [3.63, 3.8) is 0 Å². The Bertz CT molecular complexity index is 280. The smallest absolute Gasteiger partial charge is 0.191 e. The molecule has 1 unspecified atom stereocenters. The van der Waals surface area contributed by atoms with Crippen molar-refractivity contribution in [2.24, 2.45) is 16.8 Å². The Kier molecular flexibility index (Phi) is 7.97. The standard InChI is InChI=1S/C16H34N4/c1-13(2)8-9-18-16(17-5)19-12-15(14(3)4)20-10-6-7-11-20/h13-15H,6-12H2,1-5H3,(H2,17,18,19). The van der Waals surface area contributed by atoms with Crippen LogP contribution in [0.5, 0.6) is 0 Å². The van der Waals surface area contributed by atoms with E-state index in [1.54, 1.807) is 0 Å². The molecule has 0 saturated carbocycles. The van der Waals surface area contributed by atoms with Crippen molar-refractivity contribution in [3.05, 3.63) is 0 Å². The predicted molar refractivity (Wildman–Crippen MR) is 88.3 cm³/mol. The van der Waals surface area contributed by atoms with Gasteiger partial charge in [0.25, 0.3) is 0 Å². The van der Waals surface area contributed by atoms with Crippen molar-refractivity contribution in [2.45, 2.75) is 53.0 Å². The molecule has 0 amide bonds. The molecule has 4 nitrogen and oxygen atoms in total. The molecule has 1 aliphatic heterocycles. The van der Waals surface area contributed by atoms with Gasteiger partial charge in [0.1, 0.15) is 0 Å². The van der Waals surface area contributed by atoms with Crippen molar-refractivity contribution < 1.29 is 0 Å². The minimum Gasteiger partial charge on any atom is -0.356 e. The molecule has 1 saturated heterocycles. The molecule has 118 valence electrons. The highest BCUT2D eigenvalue weighted by Gasteiger charge is 2.24. The van der Waals surface area contributed by atoms with E-state index in [9.17, 15) is 0 Å². The molecule has 0 aromatic carbocycles. The van der Waals surface area contributed by atoms with Crippen molar-refractivity contribution in [3.8, 4) is 0 Å².